The maximum atomic E-state index is 13.6. The van der Waals surface area contributed by atoms with Gasteiger partial charge in [0.05, 0.1) is 7.11 Å². The van der Waals surface area contributed by atoms with E-state index in [0.717, 1.165) is 5.56 Å². The SMILES string of the molecule is CNC(=O)c1ccc(NC(=O)/C=C/c2ccc(OC)c(F)c2)c(C)c1. The summed E-state index contributed by atoms with van der Waals surface area (Å²) in [6, 6.07) is 9.41. The molecule has 2 aromatic rings. The molecule has 6 heteroatoms. The lowest BCUT2D eigenvalue weighted by Crippen LogP contribution is -2.18. The minimum Gasteiger partial charge on any atom is -0.494 e. The highest BCUT2D eigenvalue weighted by Crippen LogP contribution is 2.19. The molecular formula is C19H19FN2O3. The standard InChI is InChI=1S/C19H19FN2O3/c1-12-10-14(19(24)21-2)6-7-16(12)22-18(23)9-5-13-4-8-17(25-3)15(20)11-13/h4-11H,1-3H3,(H,21,24)(H,22,23)/b9-5+. The topological polar surface area (TPSA) is 67.4 Å². The van der Waals surface area contributed by atoms with E-state index in [1.165, 1.54) is 31.4 Å². The Balaban J connectivity index is 2.07. The van der Waals surface area contributed by atoms with Crippen molar-refractivity contribution in [1.82, 2.24) is 5.32 Å². The van der Waals surface area contributed by atoms with Crippen LogP contribution in [0.25, 0.3) is 6.08 Å². The molecule has 0 fully saturated rings. The number of halogens is 1. The summed E-state index contributed by atoms with van der Waals surface area (Å²) in [5.41, 5.74) is 2.42. The molecule has 2 aromatic carbocycles. The van der Waals surface area contributed by atoms with Crippen molar-refractivity contribution in [3.05, 3.63) is 65.0 Å². The minimum absolute atomic E-state index is 0.147. The molecular weight excluding hydrogens is 323 g/mol. The number of nitrogens with one attached hydrogen (secondary N) is 2. The van der Waals surface area contributed by atoms with Crippen LogP contribution in [0.3, 0.4) is 0 Å². The third-order valence-electron chi connectivity index (χ3n) is 3.58. The molecule has 25 heavy (non-hydrogen) atoms. The molecule has 0 aromatic heterocycles. The fraction of sp³-hybridized carbons (Fsp3) is 0.158. The largest absolute Gasteiger partial charge is 0.494 e. The van der Waals surface area contributed by atoms with E-state index in [1.807, 2.05) is 0 Å². The smallest absolute Gasteiger partial charge is 0.251 e. The maximum absolute atomic E-state index is 13.6. The van der Waals surface area contributed by atoms with Crippen molar-refractivity contribution in [3.63, 3.8) is 0 Å². The van der Waals surface area contributed by atoms with Crippen LogP contribution in [0.1, 0.15) is 21.5 Å². The van der Waals surface area contributed by atoms with E-state index in [0.29, 0.717) is 16.8 Å². The Hall–Kier alpha value is -3.15. The van der Waals surface area contributed by atoms with E-state index in [9.17, 15) is 14.0 Å². The predicted molar refractivity (Wildman–Crippen MR) is 95.2 cm³/mol. The number of hydrogen-bond acceptors (Lipinski definition) is 3. The summed E-state index contributed by atoms with van der Waals surface area (Å²) in [6.45, 7) is 1.80. The number of rotatable bonds is 5. The highest BCUT2D eigenvalue weighted by molar-refractivity contribution is 6.03. The molecule has 0 aliphatic carbocycles. The van der Waals surface area contributed by atoms with Gasteiger partial charge in [0.1, 0.15) is 0 Å². The quantitative estimate of drug-likeness (QED) is 0.820. The van der Waals surface area contributed by atoms with E-state index < -0.39 is 5.82 Å². The van der Waals surface area contributed by atoms with Crippen molar-refractivity contribution in [1.29, 1.82) is 0 Å². The predicted octanol–water partition coefficient (Wildman–Crippen LogP) is 3.15. The first-order chi connectivity index (χ1) is 11.9. The lowest BCUT2D eigenvalue weighted by atomic mass is 10.1. The zero-order chi connectivity index (χ0) is 18.4. The van der Waals surface area contributed by atoms with Crippen molar-refractivity contribution >= 4 is 23.6 Å². The van der Waals surface area contributed by atoms with Crippen LogP contribution in [0.5, 0.6) is 5.75 Å². The van der Waals surface area contributed by atoms with Crippen molar-refractivity contribution in [2.45, 2.75) is 6.92 Å². The minimum atomic E-state index is -0.495. The van der Waals surface area contributed by atoms with Gasteiger partial charge in [0.15, 0.2) is 11.6 Å². The molecule has 0 aliphatic heterocycles. The van der Waals surface area contributed by atoms with Crippen LogP contribution in [0.2, 0.25) is 0 Å². The molecule has 0 bridgehead atoms. The highest BCUT2D eigenvalue weighted by Gasteiger charge is 2.07. The van der Waals surface area contributed by atoms with Gasteiger partial charge in [0.25, 0.3) is 5.91 Å². The second kappa shape index (κ2) is 8.10. The number of aryl methyl sites for hydroxylation is 1. The van der Waals surface area contributed by atoms with Gasteiger partial charge in [-0.25, -0.2) is 4.39 Å². The number of carbonyl (C=O) groups excluding carboxylic acids is 2. The van der Waals surface area contributed by atoms with Crippen LogP contribution in [0.15, 0.2) is 42.5 Å². The van der Waals surface area contributed by atoms with Crippen LogP contribution in [0, 0.1) is 12.7 Å². The van der Waals surface area contributed by atoms with Crippen LogP contribution in [-0.4, -0.2) is 26.0 Å². The normalized spacial score (nSPS) is 10.6. The fourth-order valence-electron chi connectivity index (χ4n) is 2.22. The van der Waals surface area contributed by atoms with Crippen LogP contribution in [-0.2, 0) is 4.79 Å². The number of anilines is 1. The number of carbonyl (C=O) groups is 2. The molecule has 0 aliphatic rings. The molecule has 130 valence electrons. The Bertz CT molecular complexity index is 831. The molecule has 5 nitrogen and oxygen atoms in total. The van der Waals surface area contributed by atoms with Gasteiger partial charge in [0.2, 0.25) is 5.91 Å². The van der Waals surface area contributed by atoms with Crippen molar-refractivity contribution < 1.29 is 18.7 Å². The zero-order valence-corrected chi connectivity index (χ0v) is 14.2. The van der Waals surface area contributed by atoms with Gasteiger partial charge >= 0.3 is 0 Å². The number of methoxy groups -OCH3 is 1. The van der Waals surface area contributed by atoms with Gasteiger partial charge in [-0.3, -0.25) is 9.59 Å². The van der Waals surface area contributed by atoms with E-state index in [4.69, 9.17) is 4.74 Å². The second-order valence-electron chi connectivity index (χ2n) is 5.33. The average Bonchev–Trinajstić information content (AvgIpc) is 2.61. The first kappa shape index (κ1) is 18.2. The second-order valence-corrected chi connectivity index (χ2v) is 5.33. The monoisotopic (exact) mass is 342 g/mol. The molecule has 0 unspecified atom stereocenters. The van der Waals surface area contributed by atoms with Crippen LogP contribution >= 0.6 is 0 Å². The molecule has 2 N–H and O–H groups in total. The summed E-state index contributed by atoms with van der Waals surface area (Å²) < 4.78 is 18.5. The lowest BCUT2D eigenvalue weighted by molar-refractivity contribution is -0.111. The molecule has 0 atom stereocenters. The van der Waals surface area contributed by atoms with Gasteiger partial charge in [-0.15, -0.1) is 0 Å². The summed E-state index contributed by atoms with van der Waals surface area (Å²) in [5.74, 6) is -0.895. The van der Waals surface area contributed by atoms with Gasteiger partial charge in [-0.05, 0) is 54.5 Å². The third-order valence-corrected chi connectivity index (χ3v) is 3.58. The highest BCUT2D eigenvalue weighted by atomic mass is 19.1. The van der Waals surface area contributed by atoms with Gasteiger partial charge in [-0.1, -0.05) is 6.07 Å². The Morgan fingerprint density at radius 2 is 1.92 bits per heavy atom. The van der Waals surface area contributed by atoms with E-state index in [2.05, 4.69) is 10.6 Å². The Labute approximate surface area is 145 Å². The Morgan fingerprint density at radius 1 is 1.16 bits per heavy atom. The first-order valence-corrected chi connectivity index (χ1v) is 7.60. The Kier molecular flexibility index (Phi) is 5.89. The van der Waals surface area contributed by atoms with Crippen molar-refractivity contribution in [3.8, 4) is 5.75 Å². The Morgan fingerprint density at radius 3 is 2.52 bits per heavy atom. The molecule has 0 saturated carbocycles. The van der Waals surface area contributed by atoms with Crippen molar-refractivity contribution in [2.24, 2.45) is 0 Å². The van der Waals surface area contributed by atoms with E-state index >= 15 is 0 Å². The first-order valence-electron chi connectivity index (χ1n) is 7.60. The third kappa shape index (κ3) is 4.67. The molecule has 2 rings (SSSR count). The molecule has 2 amide bonds. The van der Waals surface area contributed by atoms with Crippen LogP contribution in [0.4, 0.5) is 10.1 Å². The zero-order valence-electron chi connectivity index (χ0n) is 14.2. The molecule has 0 heterocycles. The van der Waals surface area contributed by atoms with Gasteiger partial charge < -0.3 is 15.4 Å². The lowest BCUT2D eigenvalue weighted by Gasteiger charge is -2.08. The molecule has 0 radical (unpaired) electrons. The van der Waals surface area contributed by atoms with Gasteiger partial charge in [0, 0.05) is 24.4 Å². The number of amides is 2. The summed E-state index contributed by atoms with van der Waals surface area (Å²) in [5, 5.41) is 5.27. The van der Waals surface area contributed by atoms with E-state index in [-0.39, 0.29) is 17.6 Å². The fourth-order valence-corrected chi connectivity index (χ4v) is 2.22. The van der Waals surface area contributed by atoms with Gasteiger partial charge in [-0.2, -0.15) is 0 Å². The maximum Gasteiger partial charge on any atom is 0.251 e. The number of ether oxygens (including phenoxy) is 1. The molecule has 0 saturated heterocycles. The van der Waals surface area contributed by atoms with Crippen LogP contribution < -0.4 is 15.4 Å². The summed E-state index contributed by atoms with van der Waals surface area (Å²) >= 11 is 0. The number of benzene rings is 2. The van der Waals surface area contributed by atoms with E-state index in [1.54, 1.807) is 38.2 Å². The number of hydrogen-bond donors (Lipinski definition) is 2. The summed E-state index contributed by atoms with van der Waals surface area (Å²) in [6.07, 6.45) is 2.82. The molecule has 0 spiro atoms. The van der Waals surface area contributed by atoms with Crippen molar-refractivity contribution in [2.75, 3.05) is 19.5 Å². The summed E-state index contributed by atoms with van der Waals surface area (Å²) in [7, 11) is 2.94. The average molecular weight is 342 g/mol. The summed E-state index contributed by atoms with van der Waals surface area (Å²) in [4.78, 5) is 23.6.